The van der Waals surface area contributed by atoms with Gasteiger partial charge in [-0.15, -0.1) is 0 Å². The molecule has 0 saturated carbocycles. The molecule has 0 atom stereocenters. The van der Waals surface area contributed by atoms with Gasteiger partial charge in [-0.25, -0.2) is 13.9 Å². The van der Waals surface area contributed by atoms with E-state index in [1.165, 1.54) is 18.2 Å². The number of fused-ring (bicyclic) bond motifs is 1. The Kier molecular flexibility index (Phi) is 5.52. The fourth-order valence-electron chi connectivity index (χ4n) is 4.23. The Morgan fingerprint density at radius 2 is 1.88 bits per heavy atom. The predicted octanol–water partition coefficient (Wildman–Crippen LogP) is 4.62. The molecule has 2 aromatic carbocycles. The number of hydrogen-bond acceptors (Lipinski definition) is 3. The first-order chi connectivity index (χ1) is 16.1. The molecule has 33 heavy (non-hydrogen) atoms. The quantitative estimate of drug-likeness (QED) is 0.427. The van der Waals surface area contributed by atoms with Crippen LogP contribution in [0.1, 0.15) is 29.2 Å². The highest BCUT2D eigenvalue weighted by molar-refractivity contribution is 5.99. The number of anilines is 2. The molecule has 1 aliphatic rings. The van der Waals surface area contributed by atoms with Crippen LogP contribution < -0.4 is 10.6 Å². The van der Waals surface area contributed by atoms with Gasteiger partial charge in [-0.1, -0.05) is 6.07 Å². The minimum atomic E-state index is -0.477. The van der Waals surface area contributed by atoms with E-state index in [2.05, 4.69) is 20.7 Å². The molecular weight excluding hydrogens is 423 g/mol. The number of rotatable bonds is 4. The van der Waals surface area contributed by atoms with E-state index in [1.54, 1.807) is 23.0 Å². The van der Waals surface area contributed by atoms with Crippen LogP contribution in [0.5, 0.6) is 0 Å². The summed E-state index contributed by atoms with van der Waals surface area (Å²) in [7, 11) is 0. The minimum absolute atomic E-state index is 0.0184. The smallest absolute Gasteiger partial charge is 0.324 e. The van der Waals surface area contributed by atoms with Gasteiger partial charge >= 0.3 is 6.03 Å². The molecule has 4 aromatic rings. The number of hydrogen-bond donors (Lipinski definition) is 3. The van der Waals surface area contributed by atoms with E-state index in [9.17, 15) is 14.0 Å². The molecule has 168 valence electrons. The molecule has 0 radical (unpaired) electrons. The second kappa shape index (κ2) is 8.78. The summed E-state index contributed by atoms with van der Waals surface area (Å²) in [4.78, 5) is 30.3. The standard InChI is InChI=1S/C24H23FN6O2/c25-18-2-1-3-19(15-18)28-24(33)29-22-7-11-27-31(22)20-8-12-30(13-9-20)23(32)17-4-5-21-16(14-17)6-10-26-21/h1-7,10-11,14-15,20,26H,8-9,12-13H2,(H2,28,29,33). The summed E-state index contributed by atoms with van der Waals surface area (Å²) < 4.78 is 15.1. The third-order valence-electron chi connectivity index (χ3n) is 5.89. The van der Waals surface area contributed by atoms with Crippen LogP contribution >= 0.6 is 0 Å². The number of carbonyl (C=O) groups is 2. The number of H-pyrrole nitrogens is 1. The number of likely N-dealkylation sites (tertiary alicyclic amines) is 1. The maximum atomic E-state index is 13.3. The summed E-state index contributed by atoms with van der Waals surface area (Å²) in [6.45, 7) is 1.20. The molecule has 0 unspecified atom stereocenters. The first-order valence-electron chi connectivity index (χ1n) is 10.8. The van der Waals surface area contributed by atoms with Gasteiger partial charge in [0, 0.05) is 47.5 Å². The van der Waals surface area contributed by atoms with Crippen LogP contribution in [0, 0.1) is 5.82 Å². The van der Waals surface area contributed by atoms with E-state index in [0.29, 0.717) is 30.2 Å². The number of aromatic amines is 1. The van der Waals surface area contributed by atoms with Crippen LogP contribution in [0.2, 0.25) is 0 Å². The van der Waals surface area contributed by atoms with E-state index >= 15 is 0 Å². The minimum Gasteiger partial charge on any atom is -0.361 e. The van der Waals surface area contributed by atoms with Crippen molar-refractivity contribution in [1.82, 2.24) is 19.7 Å². The van der Waals surface area contributed by atoms with Gasteiger partial charge in [-0.3, -0.25) is 10.1 Å². The molecule has 0 spiro atoms. The molecule has 5 rings (SSSR count). The van der Waals surface area contributed by atoms with Crippen molar-refractivity contribution in [3.05, 3.63) is 78.4 Å². The Bertz CT molecular complexity index is 1310. The summed E-state index contributed by atoms with van der Waals surface area (Å²) in [5, 5.41) is 10.8. The zero-order chi connectivity index (χ0) is 22.8. The first-order valence-corrected chi connectivity index (χ1v) is 10.8. The van der Waals surface area contributed by atoms with Crippen molar-refractivity contribution in [2.24, 2.45) is 0 Å². The highest BCUT2D eigenvalue weighted by Crippen LogP contribution is 2.27. The van der Waals surface area contributed by atoms with Gasteiger partial charge in [-0.2, -0.15) is 5.10 Å². The number of carbonyl (C=O) groups excluding carboxylic acids is 2. The number of piperidine rings is 1. The number of urea groups is 1. The van der Waals surface area contributed by atoms with Gasteiger partial charge in [-0.05, 0) is 55.3 Å². The molecule has 1 saturated heterocycles. The Morgan fingerprint density at radius 3 is 2.70 bits per heavy atom. The van der Waals surface area contributed by atoms with E-state index in [1.807, 2.05) is 35.4 Å². The molecular formula is C24H23FN6O2. The lowest BCUT2D eigenvalue weighted by molar-refractivity contribution is 0.0691. The number of benzene rings is 2. The third kappa shape index (κ3) is 4.43. The summed E-state index contributed by atoms with van der Waals surface area (Å²) in [6.07, 6.45) is 4.93. The van der Waals surface area contributed by atoms with Gasteiger partial charge in [0.05, 0.1) is 12.2 Å². The lowest BCUT2D eigenvalue weighted by Crippen LogP contribution is -2.39. The van der Waals surface area contributed by atoms with E-state index in [0.717, 1.165) is 23.7 Å². The topological polar surface area (TPSA) is 95.1 Å². The lowest BCUT2D eigenvalue weighted by Gasteiger charge is -2.32. The zero-order valence-corrected chi connectivity index (χ0v) is 17.8. The molecule has 1 fully saturated rings. The number of nitrogens with zero attached hydrogens (tertiary/aromatic N) is 3. The van der Waals surface area contributed by atoms with Crippen LogP contribution in [0.3, 0.4) is 0 Å². The Labute approximate surface area is 189 Å². The molecule has 8 nitrogen and oxygen atoms in total. The molecule has 2 aromatic heterocycles. The molecule has 3 N–H and O–H groups in total. The Balaban J connectivity index is 1.20. The average Bonchev–Trinajstić information content (AvgIpc) is 3.47. The molecule has 3 heterocycles. The number of amides is 3. The summed E-state index contributed by atoms with van der Waals surface area (Å²) in [5.41, 5.74) is 2.05. The lowest BCUT2D eigenvalue weighted by atomic mass is 10.0. The fraction of sp³-hybridized carbons (Fsp3) is 0.208. The highest BCUT2D eigenvalue weighted by atomic mass is 19.1. The van der Waals surface area contributed by atoms with E-state index in [4.69, 9.17) is 0 Å². The summed E-state index contributed by atoms with van der Waals surface area (Å²) >= 11 is 0. The normalized spacial score (nSPS) is 14.4. The third-order valence-corrected chi connectivity index (χ3v) is 5.89. The van der Waals surface area contributed by atoms with Gasteiger partial charge in [0.1, 0.15) is 11.6 Å². The largest absolute Gasteiger partial charge is 0.361 e. The van der Waals surface area contributed by atoms with Gasteiger partial charge < -0.3 is 15.2 Å². The van der Waals surface area contributed by atoms with Crippen molar-refractivity contribution in [3.63, 3.8) is 0 Å². The zero-order valence-electron chi connectivity index (χ0n) is 17.8. The first kappa shape index (κ1) is 20.7. The van der Waals surface area contributed by atoms with Gasteiger partial charge in [0.25, 0.3) is 5.91 Å². The van der Waals surface area contributed by atoms with Crippen molar-refractivity contribution >= 4 is 34.3 Å². The molecule has 0 bridgehead atoms. The highest BCUT2D eigenvalue weighted by Gasteiger charge is 2.26. The molecule has 3 amide bonds. The Hall–Kier alpha value is -4.14. The Morgan fingerprint density at radius 1 is 1.03 bits per heavy atom. The number of aromatic nitrogens is 3. The van der Waals surface area contributed by atoms with E-state index < -0.39 is 11.8 Å². The van der Waals surface area contributed by atoms with Crippen LogP contribution in [-0.2, 0) is 0 Å². The second-order valence-electron chi connectivity index (χ2n) is 8.05. The van der Waals surface area contributed by atoms with Crippen LogP contribution in [0.15, 0.2) is 67.0 Å². The van der Waals surface area contributed by atoms with Crippen LogP contribution in [-0.4, -0.2) is 44.7 Å². The van der Waals surface area contributed by atoms with Crippen LogP contribution in [0.25, 0.3) is 10.9 Å². The average molecular weight is 446 g/mol. The van der Waals surface area contributed by atoms with E-state index in [-0.39, 0.29) is 11.9 Å². The van der Waals surface area contributed by atoms with Crippen molar-refractivity contribution in [1.29, 1.82) is 0 Å². The molecule has 1 aliphatic heterocycles. The fourth-order valence-corrected chi connectivity index (χ4v) is 4.23. The van der Waals surface area contributed by atoms with Crippen molar-refractivity contribution < 1.29 is 14.0 Å². The second-order valence-corrected chi connectivity index (χ2v) is 8.05. The van der Waals surface area contributed by atoms with Crippen LogP contribution in [0.4, 0.5) is 20.7 Å². The molecule has 0 aliphatic carbocycles. The van der Waals surface area contributed by atoms with Gasteiger partial charge in [0.2, 0.25) is 0 Å². The number of halogens is 1. The van der Waals surface area contributed by atoms with Crippen molar-refractivity contribution in [2.45, 2.75) is 18.9 Å². The SMILES string of the molecule is O=C(Nc1cccc(F)c1)Nc1ccnn1C1CCN(C(=O)c2ccc3[nH]ccc3c2)CC1. The monoisotopic (exact) mass is 446 g/mol. The number of nitrogens with one attached hydrogen (secondary N) is 3. The van der Waals surface area contributed by atoms with Crippen molar-refractivity contribution in [3.8, 4) is 0 Å². The maximum Gasteiger partial charge on any atom is 0.324 e. The molecule has 9 heteroatoms. The predicted molar refractivity (Wildman–Crippen MR) is 124 cm³/mol. The maximum absolute atomic E-state index is 13.3. The summed E-state index contributed by atoms with van der Waals surface area (Å²) in [5.74, 6) is 0.142. The summed E-state index contributed by atoms with van der Waals surface area (Å²) in [6, 6.07) is 14.6. The van der Waals surface area contributed by atoms with Crippen molar-refractivity contribution in [2.75, 3.05) is 23.7 Å². The van der Waals surface area contributed by atoms with Gasteiger partial charge in [0.15, 0.2) is 0 Å².